The molecule has 0 saturated heterocycles. The molecule has 20 heavy (non-hydrogen) atoms. The van der Waals surface area contributed by atoms with Gasteiger partial charge in [-0.05, 0) is 29.8 Å². The van der Waals surface area contributed by atoms with E-state index in [2.05, 4.69) is 5.32 Å². The van der Waals surface area contributed by atoms with Crippen LogP contribution in [0.2, 0.25) is 10.0 Å². The van der Waals surface area contributed by atoms with Gasteiger partial charge >= 0.3 is 0 Å². The Balaban J connectivity index is 2.28. The number of rotatable bonds is 3. The van der Waals surface area contributed by atoms with Crippen molar-refractivity contribution >= 4 is 34.8 Å². The predicted molar refractivity (Wildman–Crippen MR) is 80.4 cm³/mol. The molecule has 104 valence electrons. The van der Waals surface area contributed by atoms with Crippen LogP contribution < -0.4 is 11.1 Å². The summed E-state index contributed by atoms with van der Waals surface area (Å²) in [5, 5.41) is 12.8. The first-order valence-electron chi connectivity index (χ1n) is 5.79. The van der Waals surface area contributed by atoms with E-state index >= 15 is 0 Å². The van der Waals surface area contributed by atoms with Gasteiger partial charge < -0.3 is 16.2 Å². The first-order valence-corrected chi connectivity index (χ1v) is 6.55. The molecular formula is C14H12Cl2N2O2. The number of halogens is 2. The third-order valence-electron chi connectivity index (χ3n) is 2.69. The van der Waals surface area contributed by atoms with Crippen LogP contribution in [0.5, 0.6) is 5.75 Å². The Morgan fingerprint density at radius 3 is 2.70 bits per heavy atom. The molecule has 0 fully saturated rings. The lowest BCUT2D eigenvalue weighted by atomic mass is 10.1. The molecule has 0 unspecified atom stereocenters. The van der Waals surface area contributed by atoms with Crippen molar-refractivity contribution in [3.05, 3.63) is 57.6 Å². The molecule has 2 aromatic carbocycles. The van der Waals surface area contributed by atoms with Crippen molar-refractivity contribution in [1.82, 2.24) is 0 Å². The maximum atomic E-state index is 12.1. The van der Waals surface area contributed by atoms with Gasteiger partial charge in [0.15, 0.2) is 0 Å². The summed E-state index contributed by atoms with van der Waals surface area (Å²) in [4.78, 5) is 12.1. The highest BCUT2D eigenvalue weighted by Crippen LogP contribution is 2.31. The summed E-state index contributed by atoms with van der Waals surface area (Å²) in [7, 11) is 0. The molecule has 0 aliphatic carbocycles. The number of benzene rings is 2. The van der Waals surface area contributed by atoms with Gasteiger partial charge in [0.25, 0.3) is 5.91 Å². The van der Waals surface area contributed by atoms with Crippen LogP contribution in [0.1, 0.15) is 15.9 Å². The lowest BCUT2D eigenvalue weighted by Gasteiger charge is -2.09. The number of nitrogens with one attached hydrogen (secondary N) is 1. The van der Waals surface area contributed by atoms with E-state index in [1.807, 2.05) is 6.07 Å². The standard InChI is InChI=1S/C14H12Cl2N2O2/c15-9-5-11(13(19)12(16)6-9)14(20)18-10-3-1-2-8(4-10)7-17/h1-6,19H,7,17H2,(H,18,20). The maximum absolute atomic E-state index is 12.1. The molecule has 6 heteroatoms. The molecule has 0 heterocycles. The lowest BCUT2D eigenvalue weighted by molar-refractivity contribution is 0.102. The molecule has 0 bridgehead atoms. The topological polar surface area (TPSA) is 75.3 Å². The molecule has 0 spiro atoms. The van der Waals surface area contributed by atoms with Gasteiger partial charge in [-0.2, -0.15) is 0 Å². The second-order valence-corrected chi connectivity index (χ2v) is 4.99. The minimum atomic E-state index is -0.499. The van der Waals surface area contributed by atoms with Crippen molar-refractivity contribution in [2.75, 3.05) is 5.32 Å². The summed E-state index contributed by atoms with van der Waals surface area (Å²) < 4.78 is 0. The highest BCUT2D eigenvalue weighted by atomic mass is 35.5. The second kappa shape index (κ2) is 6.13. The Kier molecular flexibility index (Phi) is 4.49. The molecule has 2 rings (SSSR count). The molecule has 0 aliphatic heterocycles. The Labute approximate surface area is 126 Å². The normalized spacial score (nSPS) is 10.3. The largest absolute Gasteiger partial charge is 0.506 e. The average Bonchev–Trinajstić information content (AvgIpc) is 2.43. The summed E-state index contributed by atoms with van der Waals surface area (Å²) in [6.45, 7) is 0.373. The molecule has 0 aliphatic rings. The highest BCUT2D eigenvalue weighted by Gasteiger charge is 2.15. The fourth-order valence-electron chi connectivity index (χ4n) is 1.71. The number of carbonyl (C=O) groups excluding carboxylic acids is 1. The number of phenols is 1. The van der Waals surface area contributed by atoms with Crippen molar-refractivity contribution in [2.24, 2.45) is 5.73 Å². The van der Waals surface area contributed by atoms with E-state index < -0.39 is 5.91 Å². The molecule has 1 amide bonds. The summed E-state index contributed by atoms with van der Waals surface area (Å²) in [6, 6.07) is 9.82. The molecule has 2 aromatic rings. The Morgan fingerprint density at radius 1 is 1.25 bits per heavy atom. The summed E-state index contributed by atoms with van der Waals surface area (Å²) in [6.07, 6.45) is 0. The zero-order chi connectivity index (χ0) is 14.7. The van der Waals surface area contributed by atoms with Crippen LogP contribution in [-0.4, -0.2) is 11.0 Å². The number of aromatic hydroxyl groups is 1. The van der Waals surface area contributed by atoms with Crippen molar-refractivity contribution in [2.45, 2.75) is 6.54 Å². The average molecular weight is 311 g/mol. The Bertz CT molecular complexity index is 660. The van der Waals surface area contributed by atoms with Gasteiger partial charge in [0.05, 0.1) is 10.6 Å². The third-order valence-corrected chi connectivity index (χ3v) is 3.20. The first-order chi connectivity index (χ1) is 9.51. The van der Waals surface area contributed by atoms with E-state index in [-0.39, 0.29) is 21.4 Å². The van der Waals surface area contributed by atoms with Gasteiger partial charge in [0.2, 0.25) is 0 Å². The SMILES string of the molecule is NCc1cccc(NC(=O)c2cc(Cl)cc(Cl)c2O)c1. The van der Waals surface area contributed by atoms with Crippen LogP contribution in [0, 0.1) is 0 Å². The van der Waals surface area contributed by atoms with Crippen LogP contribution >= 0.6 is 23.2 Å². The lowest BCUT2D eigenvalue weighted by Crippen LogP contribution is -2.12. The predicted octanol–water partition coefficient (Wildman–Crippen LogP) is 3.41. The van der Waals surface area contributed by atoms with Gasteiger partial charge in [-0.15, -0.1) is 0 Å². The van der Waals surface area contributed by atoms with Crippen LogP contribution in [0.4, 0.5) is 5.69 Å². The second-order valence-electron chi connectivity index (χ2n) is 4.14. The molecule has 4 N–H and O–H groups in total. The first kappa shape index (κ1) is 14.7. The Hall–Kier alpha value is -1.75. The molecule has 4 nitrogen and oxygen atoms in total. The molecule has 0 saturated carbocycles. The summed E-state index contributed by atoms with van der Waals surface area (Å²) in [5.41, 5.74) is 7.01. The smallest absolute Gasteiger partial charge is 0.259 e. The third kappa shape index (κ3) is 3.22. The minimum absolute atomic E-state index is 0.0145. The van der Waals surface area contributed by atoms with Gasteiger partial charge in [-0.3, -0.25) is 4.79 Å². The summed E-state index contributed by atoms with van der Waals surface area (Å²) in [5.74, 6) is -0.801. The molecular weight excluding hydrogens is 299 g/mol. The Morgan fingerprint density at radius 2 is 2.00 bits per heavy atom. The minimum Gasteiger partial charge on any atom is -0.506 e. The van der Waals surface area contributed by atoms with Crippen molar-refractivity contribution in [3.63, 3.8) is 0 Å². The van der Waals surface area contributed by atoms with Crippen LogP contribution in [0.3, 0.4) is 0 Å². The van der Waals surface area contributed by atoms with Crippen LogP contribution in [-0.2, 0) is 6.54 Å². The number of hydrogen-bond acceptors (Lipinski definition) is 3. The van der Waals surface area contributed by atoms with Crippen molar-refractivity contribution in [3.8, 4) is 5.75 Å². The van der Waals surface area contributed by atoms with E-state index in [9.17, 15) is 9.90 Å². The number of phenolic OH excluding ortho intramolecular Hbond substituents is 1. The van der Waals surface area contributed by atoms with Crippen molar-refractivity contribution < 1.29 is 9.90 Å². The fourth-order valence-corrected chi connectivity index (χ4v) is 2.21. The number of hydrogen-bond donors (Lipinski definition) is 3. The number of anilines is 1. The number of carbonyl (C=O) groups is 1. The monoisotopic (exact) mass is 310 g/mol. The van der Waals surface area contributed by atoms with Gasteiger partial charge in [0, 0.05) is 17.3 Å². The van der Waals surface area contributed by atoms with Gasteiger partial charge in [0.1, 0.15) is 5.75 Å². The molecule has 0 aromatic heterocycles. The maximum Gasteiger partial charge on any atom is 0.259 e. The fraction of sp³-hybridized carbons (Fsp3) is 0.0714. The van der Waals surface area contributed by atoms with Crippen LogP contribution in [0.15, 0.2) is 36.4 Å². The van der Waals surface area contributed by atoms with E-state index in [4.69, 9.17) is 28.9 Å². The number of nitrogens with two attached hydrogens (primary N) is 1. The molecule has 0 radical (unpaired) electrons. The van der Waals surface area contributed by atoms with E-state index in [1.165, 1.54) is 12.1 Å². The van der Waals surface area contributed by atoms with E-state index in [1.54, 1.807) is 18.2 Å². The highest BCUT2D eigenvalue weighted by molar-refractivity contribution is 6.36. The van der Waals surface area contributed by atoms with Crippen molar-refractivity contribution in [1.29, 1.82) is 0 Å². The quantitative estimate of drug-likeness (QED) is 0.813. The van der Waals surface area contributed by atoms with Crippen LogP contribution in [0.25, 0.3) is 0 Å². The van der Waals surface area contributed by atoms with E-state index in [0.29, 0.717) is 12.2 Å². The van der Waals surface area contributed by atoms with Gasteiger partial charge in [-0.25, -0.2) is 0 Å². The zero-order valence-electron chi connectivity index (χ0n) is 10.4. The zero-order valence-corrected chi connectivity index (χ0v) is 11.9. The summed E-state index contributed by atoms with van der Waals surface area (Å²) >= 11 is 11.6. The van der Waals surface area contributed by atoms with E-state index in [0.717, 1.165) is 5.56 Å². The molecule has 0 atom stereocenters. The number of amides is 1. The van der Waals surface area contributed by atoms with Gasteiger partial charge in [-0.1, -0.05) is 35.3 Å².